The van der Waals surface area contributed by atoms with Gasteiger partial charge in [0.1, 0.15) is 12.4 Å². The normalized spacial score (nSPS) is 18.7. The van der Waals surface area contributed by atoms with Crippen molar-refractivity contribution >= 4 is 17.5 Å². The predicted octanol–water partition coefficient (Wildman–Crippen LogP) is 4.20. The van der Waals surface area contributed by atoms with Crippen LogP contribution < -0.4 is 4.74 Å². The van der Waals surface area contributed by atoms with Crippen LogP contribution in [0.4, 0.5) is 4.39 Å². The zero-order valence-electron chi connectivity index (χ0n) is 16.3. The molecule has 1 heterocycles. The first-order valence-corrected chi connectivity index (χ1v) is 10.5. The molecule has 0 radical (unpaired) electrons. The third-order valence-electron chi connectivity index (χ3n) is 4.77. The van der Waals surface area contributed by atoms with Gasteiger partial charge in [-0.3, -0.25) is 9.36 Å². The fraction of sp³-hybridized carbons (Fsp3) is 0.550. The zero-order chi connectivity index (χ0) is 19.9. The molecule has 0 bridgehead atoms. The number of nitrogens with zero attached hydrogens (tertiary/aromatic N) is 3. The van der Waals surface area contributed by atoms with Crippen LogP contribution in [-0.2, 0) is 16.1 Å². The number of rotatable bonds is 8. The quantitative estimate of drug-likeness (QED) is 0.611. The minimum absolute atomic E-state index is 0.0393. The van der Waals surface area contributed by atoms with E-state index in [1.54, 1.807) is 25.3 Å². The van der Waals surface area contributed by atoms with Crippen molar-refractivity contribution in [3.63, 3.8) is 0 Å². The van der Waals surface area contributed by atoms with Gasteiger partial charge in [0.15, 0.2) is 22.5 Å². The van der Waals surface area contributed by atoms with E-state index in [0.717, 1.165) is 25.7 Å². The number of ketones is 1. The monoisotopic (exact) mass is 407 g/mol. The first-order valence-electron chi connectivity index (χ1n) is 9.59. The lowest BCUT2D eigenvalue weighted by Gasteiger charge is -2.19. The predicted molar refractivity (Wildman–Crippen MR) is 105 cm³/mol. The molecular formula is C20H26FN3O3S. The van der Waals surface area contributed by atoms with Gasteiger partial charge in [0, 0.05) is 13.5 Å². The van der Waals surface area contributed by atoms with Crippen LogP contribution in [0.3, 0.4) is 0 Å². The molecule has 1 aromatic carbocycles. The number of aromatic nitrogens is 3. The van der Waals surface area contributed by atoms with Crippen LogP contribution in [0.5, 0.6) is 5.75 Å². The summed E-state index contributed by atoms with van der Waals surface area (Å²) < 4.78 is 26.7. The molecule has 0 saturated heterocycles. The summed E-state index contributed by atoms with van der Waals surface area (Å²) in [5.41, 5.74) is 0. The number of Topliss-reactive ketones (excluding diaryl/α,β-unsaturated/α-hetero) is 1. The second-order valence-electron chi connectivity index (χ2n) is 6.96. The Bertz CT molecular complexity index is 799. The van der Waals surface area contributed by atoms with Gasteiger partial charge in [-0.2, -0.15) is 0 Å². The molecule has 3 rings (SSSR count). The summed E-state index contributed by atoms with van der Waals surface area (Å²) in [5.74, 6) is 0.610. The first-order chi connectivity index (χ1) is 13.6. The van der Waals surface area contributed by atoms with Gasteiger partial charge in [0.25, 0.3) is 0 Å². The highest BCUT2D eigenvalue weighted by Crippen LogP contribution is 2.32. The summed E-state index contributed by atoms with van der Waals surface area (Å²) >= 11 is 1.47. The van der Waals surface area contributed by atoms with Crippen molar-refractivity contribution in [1.29, 1.82) is 0 Å². The lowest BCUT2D eigenvalue weighted by Crippen LogP contribution is -2.20. The van der Waals surface area contributed by atoms with E-state index in [2.05, 4.69) is 10.2 Å². The lowest BCUT2D eigenvalue weighted by molar-refractivity contribution is -0.118. The molecule has 0 spiro atoms. The van der Waals surface area contributed by atoms with Gasteiger partial charge in [-0.25, -0.2) is 4.39 Å². The molecule has 152 valence electrons. The summed E-state index contributed by atoms with van der Waals surface area (Å²) in [7, 11) is 1.64. The van der Waals surface area contributed by atoms with Crippen molar-refractivity contribution in [1.82, 2.24) is 14.8 Å². The van der Waals surface area contributed by atoms with Gasteiger partial charge in [-0.05, 0) is 31.9 Å². The average Bonchev–Trinajstić information content (AvgIpc) is 2.97. The molecule has 0 N–H and O–H groups in total. The Morgan fingerprint density at radius 2 is 2.11 bits per heavy atom. The summed E-state index contributed by atoms with van der Waals surface area (Å²) in [6, 6.07) is 6.23. The fourth-order valence-electron chi connectivity index (χ4n) is 3.33. The molecule has 1 aliphatic carbocycles. The minimum atomic E-state index is -0.419. The van der Waals surface area contributed by atoms with Crippen LogP contribution in [0.1, 0.15) is 50.9 Å². The molecule has 6 nitrogen and oxygen atoms in total. The van der Waals surface area contributed by atoms with Crippen LogP contribution in [0.2, 0.25) is 0 Å². The van der Waals surface area contributed by atoms with E-state index in [4.69, 9.17) is 9.47 Å². The zero-order valence-corrected chi connectivity index (χ0v) is 17.1. The Morgan fingerprint density at radius 3 is 2.89 bits per heavy atom. The van der Waals surface area contributed by atoms with Crippen LogP contribution in [0.25, 0.3) is 0 Å². The van der Waals surface area contributed by atoms with Crippen LogP contribution in [0.15, 0.2) is 29.4 Å². The van der Waals surface area contributed by atoms with E-state index in [1.165, 1.54) is 17.8 Å². The molecule has 2 unspecified atom stereocenters. The highest BCUT2D eigenvalue weighted by Gasteiger charge is 2.26. The Balaban J connectivity index is 1.80. The van der Waals surface area contributed by atoms with E-state index < -0.39 is 5.82 Å². The molecular weight excluding hydrogens is 381 g/mol. The number of thioether (sulfide) groups is 1. The summed E-state index contributed by atoms with van der Waals surface area (Å²) in [5, 5.41) is 9.14. The molecule has 1 aliphatic rings. The number of carbonyl (C=O) groups excluding carboxylic acids is 1. The van der Waals surface area contributed by atoms with Gasteiger partial charge in [0.2, 0.25) is 0 Å². The Hall–Kier alpha value is -1.93. The largest absolute Gasteiger partial charge is 0.483 e. The molecule has 1 fully saturated rings. The van der Waals surface area contributed by atoms with E-state index in [-0.39, 0.29) is 29.4 Å². The fourth-order valence-corrected chi connectivity index (χ4v) is 4.60. The van der Waals surface area contributed by atoms with E-state index in [0.29, 0.717) is 24.0 Å². The highest BCUT2D eigenvalue weighted by atomic mass is 32.2. The van der Waals surface area contributed by atoms with Crippen LogP contribution >= 0.6 is 11.8 Å². The second-order valence-corrected chi connectivity index (χ2v) is 8.13. The van der Waals surface area contributed by atoms with Gasteiger partial charge in [-0.1, -0.05) is 36.7 Å². The van der Waals surface area contributed by atoms with Crippen LogP contribution in [0, 0.1) is 5.82 Å². The molecule has 0 amide bonds. The SMILES string of the molecule is COCC(C)n1c(COc2ccccc2F)nnc1SC1CCCCCC1=O. The number of para-hydroxylation sites is 1. The van der Waals surface area contributed by atoms with Gasteiger partial charge in [-0.15, -0.1) is 10.2 Å². The molecule has 0 aliphatic heterocycles. The maximum atomic E-state index is 13.8. The summed E-state index contributed by atoms with van der Waals surface area (Å²) in [6.07, 6.45) is 4.59. The Labute approximate surface area is 168 Å². The minimum Gasteiger partial charge on any atom is -0.483 e. The van der Waals surface area contributed by atoms with Crippen molar-refractivity contribution in [2.45, 2.75) is 62.1 Å². The summed E-state index contributed by atoms with van der Waals surface area (Å²) in [6.45, 7) is 2.55. The smallest absolute Gasteiger partial charge is 0.192 e. The highest BCUT2D eigenvalue weighted by molar-refractivity contribution is 8.00. The molecule has 2 atom stereocenters. The number of halogens is 1. The third kappa shape index (κ3) is 5.11. The number of methoxy groups -OCH3 is 1. The lowest BCUT2D eigenvalue weighted by atomic mass is 10.2. The number of ether oxygens (including phenoxy) is 2. The van der Waals surface area contributed by atoms with E-state index in [1.807, 2.05) is 11.5 Å². The van der Waals surface area contributed by atoms with Crippen molar-refractivity contribution in [3.8, 4) is 5.75 Å². The average molecular weight is 408 g/mol. The number of hydrogen-bond acceptors (Lipinski definition) is 6. The maximum Gasteiger partial charge on any atom is 0.192 e. The van der Waals surface area contributed by atoms with Crippen molar-refractivity contribution in [3.05, 3.63) is 35.9 Å². The van der Waals surface area contributed by atoms with Crippen molar-refractivity contribution < 1.29 is 18.7 Å². The second kappa shape index (κ2) is 10.0. The molecule has 28 heavy (non-hydrogen) atoms. The summed E-state index contributed by atoms with van der Waals surface area (Å²) in [4.78, 5) is 12.4. The number of hydrogen-bond donors (Lipinski definition) is 0. The topological polar surface area (TPSA) is 66.2 Å². The van der Waals surface area contributed by atoms with Gasteiger partial charge in [0.05, 0.1) is 17.9 Å². The van der Waals surface area contributed by atoms with Gasteiger partial charge < -0.3 is 9.47 Å². The Morgan fingerprint density at radius 1 is 1.29 bits per heavy atom. The van der Waals surface area contributed by atoms with E-state index >= 15 is 0 Å². The molecule has 1 aromatic heterocycles. The molecule has 8 heteroatoms. The number of benzene rings is 1. The molecule has 2 aromatic rings. The van der Waals surface area contributed by atoms with E-state index in [9.17, 15) is 9.18 Å². The Kier molecular flexibility index (Phi) is 7.44. The van der Waals surface area contributed by atoms with Gasteiger partial charge >= 0.3 is 0 Å². The standard InChI is InChI=1S/C20H26FN3O3S/c1-14(12-26-2)24-19(13-27-17-10-7-6-8-15(17)21)22-23-20(24)28-18-11-5-3-4-9-16(18)25/h6-8,10,14,18H,3-5,9,11-13H2,1-2H3. The third-order valence-corrected chi connectivity index (χ3v) is 6.05. The molecule has 1 saturated carbocycles. The number of carbonyl (C=O) groups is 1. The first kappa shape index (κ1) is 20.8. The maximum absolute atomic E-state index is 13.8. The van der Waals surface area contributed by atoms with Crippen LogP contribution in [-0.4, -0.2) is 39.5 Å². The van der Waals surface area contributed by atoms with Crippen molar-refractivity contribution in [2.75, 3.05) is 13.7 Å². The van der Waals surface area contributed by atoms with Crippen molar-refractivity contribution in [2.24, 2.45) is 0 Å².